The first-order valence-corrected chi connectivity index (χ1v) is 7.65. The smallest absolute Gasteiger partial charge is 0.243 e. The third kappa shape index (κ3) is 2.95. The van der Waals surface area contributed by atoms with Gasteiger partial charge in [0.1, 0.15) is 5.41 Å². The molecule has 0 spiro atoms. The Morgan fingerprint density at radius 2 is 1.94 bits per heavy atom. The molecule has 96 valence electrons. The Kier molecular flexibility index (Phi) is 5.32. The van der Waals surface area contributed by atoms with Crippen molar-refractivity contribution in [3.63, 3.8) is 0 Å². The average molecular weight is 254 g/mol. The van der Waals surface area contributed by atoms with Crippen molar-refractivity contribution in [2.24, 2.45) is 5.41 Å². The van der Waals surface area contributed by atoms with E-state index < -0.39 is 5.41 Å². The van der Waals surface area contributed by atoms with E-state index in [1.165, 1.54) is 0 Å². The topological polar surface area (TPSA) is 44.1 Å². The Labute approximate surface area is 109 Å². The van der Waals surface area contributed by atoms with Gasteiger partial charge in [-0.15, -0.1) is 0 Å². The molecule has 0 aromatic heterocycles. The maximum atomic E-state index is 12.4. The summed E-state index contributed by atoms with van der Waals surface area (Å²) in [7, 11) is 0. The van der Waals surface area contributed by atoms with Crippen molar-refractivity contribution in [1.82, 2.24) is 4.90 Å². The molecule has 0 N–H and O–H groups in total. The molecule has 1 aliphatic rings. The van der Waals surface area contributed by atoms with Gasteiger partial charge in [-0.25, -0.2) is 0 Å². The van der Waals surface area contributed by atoms with Crippen LogP contribution in [0.25, 0.3) is 0 Å². The van der Waals surface area contributed by atoms with E-state index in [4.69, 9.17) is 0 Å². The predicted molar refractivity (Wildman–Crippen MR) is 71.7 cm³/mol. The van der Waals surface area contributed by atoms with Crippen LogP contribution in [0.4, 0.5) is 0 Å². The lowest BCUT2D eigenvalue weighted by Gasteiger charge is -2.36. The fourth-order valence-electron chi connectivity index (χ4n) is 2.36. The largest absolute Gasteiger partial charge is 0.341 e. The zero-order valence-corrected chi connectivity index (χ0v) is 11.8. The van der Waals surface area contributed by atoms with Gasteiger partial charge in [-0.1, -0.05) is 13.8 Å². The summed E-state index contributed by atoms with van der Waals surface area (Å²) < 4.78 is 0. The SMILES string of the molecule is CCC(C#N)(CC)C(=O)N1CCC(SC)CC1. The zero-order valence-electron chi connectivity index (χ0n) is 11.0. The van der Waals surface area contributed by atoms with Gasteiger partial charge in [-0.3, -0.25) is 4.79 Å². The van der Waals surface area contributed by atoms with E-state index in [0.29, 0.717) is 18.1 Å². The number of nitriles is 1. The highest BCUT2D eigenvalue weighted by atomic mass is 32.2. The van der Waals surface area contributed by atoms with Crippen LogP contribution in [0.3, 0.4) is 0 Å². The minimum absolute atomic E-state index is 0.0459. The molecule has 0 aromatic carbocycles. The molecule has 1 heterocycles. The first-order valence-electron chi connectivity index (χ1n) is 6.37. The van der Waals surface area contributed by atoms with E-state index in [0.717, 1.165) is 25.9 Å². The molecule has 1 aliphatic heterocycles. The van der Waals surface area contributed by atoms with Crippen LogP contribution >= 0.6 is 11.8 Å². The number of carbonyl (C=O) groups excluding carboxylic acids is 1. The lowest BCUT2D eigenvalue weighted by atomic mass is 9.82. The Bertz CT molecular complexity index is 299. The first-order chi connectivity index (χ1) is 8.13. The second kappa shape index (κ2) is 6.30. The normalized spacial score (nSPS) is 17.9. The van der Waals surface area contributed by atoms with Gasteiger partial charge >= 0.3 is 0 Å². The molecule has 0 saturated carbocycles. The fraction of sp³-hybridized carbons (Fsp3) is 0.846. The molecular formula is C13H22N2OS. The second-order valence-electron chi connectivity index (χ2n) is 4.63. The van der Waals surface area contributed by atoms with E-state index in [9.17, 15) is 10.1 Å². The molecule has 0 aromatic rings. The van der Waals surface area contributed by atoms with Crippen LogP contribution in [0.1, 0.15) is 39.5 Å². The zero-order chi connectivity index (χ0) is 12.9. The van der Waals surface area contributed by atoms with Gasteiger partial charge in [0.15, 0.2) is 0 Å². The molecule has 1 rings (SSSR count). The van der Waals surface area contributed by atoms with E-state index in [1.54, 1.807) is 0 Å². The van der Waals surface area contributed by atoms with Crippen LogP contribution < -0.4 is 0 Å². The maximum Gasteiger partial charge on any atom is 0.243 e. The average Bonchev–Trinajstić information content (AvgIpc) is 2.41. The lowest BCUT2D eigenvalue weighted by Crippen LogP contribution is -2.47. The highest BCUT2D eigenvalue weighted by molar-refractivity contribution is 7.99. The Hall–Kier alpha value is -0.690. The fourth-order valence-corrected chi connectivity index (χ4v) is 3.04. The molecule has 0 aliphatic carbocycles. The number of nitrogens with zero attached hydrogens (tertiary/aromatic N) is 2. The molecule has 1 fully saturated rings. The molecule has 17 heavy (non-hydrogen) atoms. The number of amides is 1. The summed E-state index contributed by atoms with van der Waals surface area (Å²) in [5.41, 5.74) is -0.786. The van der Waals surface area contributed by atoms with Gasteiger partial charge in [0.25, 0.3) is 0 Å². The summed E-state index contributed by atoms with van der Waals surface area (Å²) in [5.74, 6) is 0.0459. The van der Waals surface area contributed by atoms with Gasteiger partial charge in [0.05, 0.1) is 6.07 Å². The van der Waals surface area contributed by atoms with Crippen LogP contribution in [0.15, 0.2) is 0 Å². The molecule has 0 atom stereocenters. The van der Waals surface area contributed by atoms with Crippen LogP contribution in [0.5, 0.6) is 0 Å². The molecule has 0 bridgehead atoms. The van der Waals surface area contributed by atoms with Gasteiger partial charge in [-0.2, -0.15) is 17.0 Å². The number of rotatable bonds is 4. The summed E-state index contributed by atoms with van der Waals surface area (Å²) in [6, 6.07) is 2.24. The van der Waals surface area contributed by atoms with E-state index in [2.05, 4.69) is 12.3 Å². The van der Waals surface area contributed by atoms with Crippen molar-refractivity contribution in [2.45, 2.75) is 44.8 Å². The number of piperidine rings is 1. The van der Waals surface area contributed by atoms with Crippen molar-refractivity contribution >= 4 is 17.7 Å². The van der Waals surface area contributed by atoms with E-state index >= 15 is 0 Å². The molecule has 1 saturated heterocycles. The second-order valence-corrected chi connectivity index (χ2v) is 5.77. The highest BCUT2D eigenvalue weighted by Gasteiger charge is 2.39. The van der Waals surface area contributed by atoms with E-state index in [1.807, 2.05) is 30.5 Å². The van der Waals surface area contributed by atoms with E-state index in [-0.39, 0.29) is 5.91 Å². The third-order valence-corrected chi connectivity index (χ3v) is 5.03. The molecule has 1 amide bonds. The van der Waals surface area contributed by atoms with Crippen LogP contribution in [-0.2, 0) is 4.79 Å². The van der Waals surface area contributed by atoms with Crippen LogP contribution in [-0.4, -0.2) is 35.4 Å². The highest BCUT2D eigenvalue weighted by Crippen LogP contribution is 2.30. The Balaban J connectivity index is 2.68. The number of hydrogen-bond acceptors (Lipinski definition) is 3. The molecule has 4 heteroatoms. The minimum Gasteiger partial charge on any atom is -0.341 e. The summed E-state index contributed by atoms with van der Waals surface area (Å²) in [6.45, 7) is 5.49. The summed E-state index contributed by atoms with van der Waals surface area (Å²) >= 11 is 1.88. The number of thioether (sulfide) groups is 1. The summed E-state index contributed by atoms with van der Waals surface area (Å²) in [5, 5.41) is 9.95. The monoisotopic (exact) mass is 254 g/mol. The van der Waals surface area contributed by atoms with Crippen molar-refractivity contribution in [3.8, 4) is 6.07 Å². The van der Waals surface area contributed by atoms with Gasteiger partial charge < -0.3 is 4.90 Å². The molecule has 0 unspecified atom stereocenters. The van der Waals surface area contributed by atoms with Crippen molar-refractivity contribution < 1.29 is 4.79 Å². The lowest BCUT2D eigenvalue weighted by molar-refractivity contribution is -0.140. The molecule has 0 radical (unpaired) electrons. The van der Waals surface area contributed by atoms with Gasteiger partial charge in [0, 0.05) is 18.3 Å². The van der Waals surface area contributed by atoms with Gasteiger partial charge in [0.2, 0.25) is 5.91 Å². The van der Waals surface area contributed by atoms with Crippen molar-refractivity contribution in [1.29, 1.82) is 5.26 Å². The minimum atomic E-state index is -0.786. The molecule has 3 nitrogen and oxygen atoms in total. The van der Waals surface area contributed by atoms with Crippen LogP contribution in [0.2, 0.25) is 0 Å². The van der Waals surface area contributed by atoms with Gasteiger partial charge in [-0.05, 0) is 31.9 Å². The third-order valence-electron chi connectivity index (χ3n) is 3.89. The quantitative estimate of drug-likeness (QED) is 0.774. The molecular weight excluding hydrogens is 232 g/mol. The maximum absolute atomic E-state index is 12.4. The van der Waals surface area contributed by atoms with Crippen molar-refractivity contribution in [2.75, 3.05) is 19.3 Å². The first kappa shape index (κ1) is 14.4. The van der Waals surface area contributed by atoms with Crippen molar-refractivity contribution in [3.05, 3.63) is 0 Å². The number of likely N-dealkylation sites (tertiary alicyclic amines) is 1. The summed E-state index contributed by atoms with van der Waals surface area (Å²) in [4.78, 5) is 14.3. The Morgan fingerprint density at radius 1 is 1.41 bits per heavy atom. The predicted octanol–water partition coefficient (Wildman–Crippen LogP) is 2.67. The standard InChI is InChI=1S/C13H22N2OS/c1-4-13(5-2,10-14)12(16)15-8-6-11(17-3)7-9-15/h11H,4-9H2,1-3H3. The Morgan fingerprint density at radius 3 is 2.29 bits per heavy atom. The summed E-state index contributed by atoms with van der Waals surface area (Å²) in [6.07, 6.45) is 5.46. The number of carbonyl (C=O) groups is 1. The number of hydrogen-bond donors (Lipinski definition) is 0. The van der Waals surface area contributed by atoms with Crippen LogP contribution in [0, 0.1) is 16.7 Å².